The smallest absolute Gasteiger partial charge is 0.225 e. The zero-order valence-electron chi connectivity index (χ0n) is 11.4. The van der Waals surface area contributed by atoms with Gasteiger partial charge in [-0.15, -0.1) is 0 Å². The Kier molecular flexibility index (Phi) is 3.33. The molecule has 1 aromatic heterocycles. The number of aryl methyl sites for hydroxylation is 1. The summed E-state index contributed by atoms with van der Waals surface area (Å²) in [6.07, 6.45) is 1.97. The molecule has 3 heterocycles. The predicted molar refractivity (Wildman–Crippen MR) is 81.7 cm³/mol. The Hall–Kier alpha value is -1.69. The topological polar surface area (TPSA) is 71.2 Å². The molecule has 2 saturated heterocycles. The molecule has 2 aliphatic rings. The highest BCUT2D eigenvalue weighted by molar-refractivity contribution is 7.80. The van der Waals surface area contributed by atoms with Crippen molar-refractivity contribution in [1.82, 2.24) is 10.3 Å². The highest BCUT2D eigenvalue weighted by Gasteiger charge is 2.41. The van der Waals surface area contributed by atoms with E-state index in [1.165, 1.54) is 0 Å². The van der Waals surface area contributed by atoms with Crippen LogP contribution in [0.25, 0.3) is 0 Å². The van der Waals surface area contributed by atoms with E-state index < -0.39 is 0 Å². The Morgan fingerprint density at radius 1 is 1.55 bits per heavy atom. The Bertz CT molecular complexity index is 574. The van der Waals surface area contributed by atoms with Crippen molar-refractivity contribution >= 4 is 28.9 Å². The van der Waals surface area contributed by atoms with E-state index in [0.29, 0.717) is 11.5 Å². The third kappa shape index (κ3) is 2.24. The zero-order valence-corrected chi connectivity index (χ0v) is 12.2. The Labute approximate surface area is 123 Å². The minimum absolute atomic E-state index is 0.0827. The molecule has 3 rings (SSSR count). The molecule has 1 amide bonds. The molecule has 5 nitrogen and oxygen atoms in total. The van der Waals surface area contributed by atoms with Crippen molar-refractivity contribution in [2.24, 2.45) is 11.7 Å². The zero-order chi connectivity index (χ0) is 14.3. The van der Waals surface area contributed by atoms with Crippen LogP contribution < -0.4 is 16.0 Å². The molecule has 0 saturated carbocycles. The Morgan fingerprint density at radius 3 is 3.10 bits per heavy atom. The molecule has 0 radical (unpaired) electrons. The van der Waals surface area contributed by atoms with Crippen LogP contribution in [0.15, 0.2) is 12.1 Å². The van der Waals surface area contributed by atoms with E-state index in [4.69, 9.17) is 18.0 Å². The molecule has 0 aliphatic carbocycles. The summed E-state index contributed by atoms with van der Waals surface area (Å²) in [4.78, 5) is 19.0. The molecule has 0 aromatic carbocycles. The van der Waals surface area contributed by atoms with Crippen LogP contribution >= 0.6 is 12.2 Å². The van der Waals surface area contributed by atoms with Gasteiger partial charge < -0.3 is 16.0 Å². The lowest BCUT2D eigenvalue weighted by molar-refractivity contribution is -0.122. The summed E-state index contributed by atoms with van der Waals surface area (Å²) in [7, 11) is 0. The number of fused-ring (bicyclic) bond motifs is 1. The Balaban J connectivity index is 1.95. The molecular formula is C14H18N4OS. The number of aromatic nitrogens is 1. The van der Waals surface area contributed by atoms with Crippen molar-refractivity contribution in [3.05, 3.63) is 23.4 Å². The first-order valence-corrected chi connectivity index (χ1v) is 7.30. The van der Waals surface area contributed by atoms with Gasteiger partial charge in [-0.05, 0) is 31.9 Å². The SMILES string of the molecule is Cc1cc(C(N)=S)cc(N2CCCC3C(=O)NCC32)n1. The van der Waals surface area contributed by atoms with Crippen LogP contribution in [-0.4, -0.2) is 35.0 Å². The summed E-state index contributed by atoms with van der Waals surface area (Å²) in [6, 6.07) is 4.02. The lowest BCUT2D eigenvalue weighted by Gasteiger charge is -2.37. The molecule has 3 N–H and O–H groups in total. The van der Waals surface area contributed by atoms with Crippen molar-refractivity contribution in [1.29, 1.82) is 0 Å². The predicted octanol–water partition coefficient (Wildman–Crippen LogP) is 0.739. The minimum atomic E-state index is 0.0827. The van der Waals surface area contributed by atoms with E-state index in [-0.39, 0.29) is 17.9 Å². The van der Waals surface area contributed by atoms with Crippen molar-refractivity contribution in [3.8, 4) is 0 Å². The number of nitrogens with two attached hydrogens (primary N) is 1. The summed E-state index contributed by atoms with van der Waals surface area (Å²) in [5.41, 5.74) is 7.46. The fourth-order valence-electron chi connectivity index (χ4n) is 3.18. The van der Waals surface area contributed by atoms with Gasteiger partial charge in [-0.2, -0.15) is 0 Å². The molecule has 6 heteroatoms. The number of nitrogens with one attached hydrogen (secondary N) is 1. The van der Waals surface area contributed by atoms with Gasteiger partial charge in [0, 0.05) is 24.3 Å². The number of anilines is 1. The number of hydrogen-bond acceptors (Lipinski definition) is 4. The van der Waals surface area contributed by atoms with Gasteiger partial charge in [0.15, 0.2) is 0 Å². The highest BCUT2D eigenvalue weighted by atomic mass is 32.1. The second kappa shape index (κ2) is 5.01. The second-order valence-corrected chi connectivity index (χ2v) is 5.91. The number of nitrogens with zero attached hydrogens (tertiary/aromatic N) is 2. The van der Waals surface area contributed by atoms with Crippen molar-refractivity contribution in [2.45, 2.75) is 25.8 Å². The lowest BCUT2D eigenvalue weighted by Crippen LogP contribution is -2.46. The molecule has 20 heavy (non-hydrogen) atoms. The number of carbonyl (C=O) groups excluding carboxylic acids is 1. The highest BCUT2D eigenvalue weighted by Crippen LogP contribution is 2.31. The van der Waals surface area contributed by atoms with Crippen LogP contribution in [0.3, 0.4) is 0 Å². The van der Waals surface area contributed by atoms with E-state index in [1.807, 2.05) is 19.1 Å². The number of amides is 1. The van der Waals surface area contributed by atoms with E-state index in [9.17, 15) is 4.79 Å². The first-order chi connectivity index (χ1) is 9.56. The van der Waals surface area contributed by atoms with Crippen LogP contribution in [0.1, 0.15) is 24.1 Å². The van der Waals surface area contributed by atoms with Crippen molar-refractivity contribution in [3.63, 3.8) is 0 Å². The summed E-state index contributed by atoms with van der Waals surface area (Å²) in [5.74, 6) is 1.13. The van der Waals surface area contributed by atoms with Gasteiger partial charge in [0.25, 0.3) is 0 Å². The molecule has 106 valence electrons. The standard InChI is InChI=1S/C14H18N4OS/c1-8-5-9(13(15)20)6-12(17-8)18-4-2-3-10-11(18)7-16-14(10)19/h5-6,10-11H,2-4,7H2,1H3,(H2,15,20)(H,16,19). The summed E-state index contributed by atoms with van der Waals surface area (Å²) < 4.78 is 0. The van der Waals surface area contributed by atoms with Crippen LogP contribution in [0.2, 0.25) is 0 Å². The minimum Gasteiger partial charge on any atom is -0.389 e. The fourth-order valence-corrected chi connectivity index (χ4v) is 3.29. The molecular weight excluding hydrogens is 272 g/mol. The van der Waals surface area contributed by atoms with E-state index >= 15 is 0 Å². The number of hydrogen-bond donors (Lipinski definition) is 2. The summed E-state index contributed by atoms with van der Waals surface area (Å²) in [6.45, 7) is 3.55. The molecule has 1 aromatic rings. The number of piperidine rings is 1. The Morgan fingerprint density at radius 2 is 2.35 bits per heavy atom. The summed E-state index contributed by atoms with van der Waals surface area (Å²) >= 11 is 5.06. The van der Waals surface area contributed by atoms with Crippen LogP contribution in [0, 0.1) is 12.8 Å². The number of carbonyl (C=O) groups is 1. The average Bonchev–Trinajstić information content (AvgIpc) is 2.80. The van der Waals surface area contributed by atoms with Gasteiger partial charge in [-0.1, -0.05) is 12.2 Å². The van der Waals surface area contributed by atoms with E-state index in [0.717, 1.165) is 36.5 Å². The first-order valence-electron chi connectivity index (χ1n) is 6.89. The van der Waals surface area contributed by atoms with Gasteiger partial charge in [0.2, 0.25) is 5.91 Å². The maximum absolute atomic E-state index is 11.8. The molecule has 0 bridgehead atoms. The normalized spacial score (nSPS) is 25.2. The van der Waals surface area contributed by atoms with Gasteiger partial charge in [-0.25, -0.2) is 4.98 Å². The van der Waals surface area contributed by atoms with Gasteiger partial charge in [0.05, 0.1) is 12.0 Å². The number of pyridine rings is 1. The van der Waals surface area contributed by atoms with Crippen LogP contribution in [0.4, 0.5) is 5.82 Å². The van der Waals surface area contributed by atoms with E-state index in [1.54, 1.807) is 0 Å². The molecule has 0 spiro atoms. The van der Waals surface area contributed by atoms with Gasteiger partial charge >= 0.3 is 0 Å². The molecule has 2 atom stereocenters. The molecule has 2 unspecified atom stereocenters. The second-order valence-electron chi connectivity index (χ2n) is 5.47. The lowest BCUT2D eigenvalue weighted by atomic mass is 9.91. The first kappa shape index (κ1) is 13.3. The monoisotopic (exact) mass is 290 g/mol. The molecule has 2 aliphatic heterocycles. The number of thiocarbonyl (C=S) groups is 1. The van der Waals surface area contributed by atoms with Gasteiger partial charge in [-0.3, -0.25) is 4.79 Å². The van der Waals surface area contributed by atoms with Crippen molar-refractivity contribution in [2.75, 3.05) is 18.0 Å². The maximum Gasteiger partial charge on any atom is 0.225 e. The van der Waals surface area contributed by atoms with Gasteiger partial charge in [0.1, 0.15) is 10.8 Å². The third-order valence-electron chi connectivity index (χ3n) is 4.12. The van der Waals surface area contributed by atoms with Crippen LogP contribution in [0.5, 0.6) is 0 Å². The fraction of sp³-hybridized carbons (Fsp3) is 0.500. The number of rotatable bonds is 2. The molecule has 2 fully saturated rings. The van der Waals surface area contributed by atoms with Crippen LogP contribution in [-0.2, 0) is 4.79 Å². The quantitative estimate of drug-likeness (QED) is 0.786. The van der Waals surface area contributed by atoms with Crippen molar-refractivity contribution < 1.29 is 4.79 Å². The maximum atomic E-state index is 11.8. The summed E-state index contributed by atoms with van der Waals surface area (Å²) in [5, 5.41) is 2.95. The third-order valence-corrected chi connectivity index (χ3v) is 4.36. The average molecular weight is 290 g/mol. The van der Waals surface area contributed by atoms with E-state index in [2.05, 4.69) is 15.2 Å². The largest absolute Gasteiger partial charge is 0.389 e.